The van der Waals surface area contributed by atoms with E-state index in [4.69, 9.17) is 15.2 Å². The molecule has 2 amide bonds. The minimum absolute atomic E-state index is 0. The predicted molar refractivity (Wildman–Crippen MR) is 334 cm³/mol. The second-order valence-electron chi connectivity index (χ2n) is 26.1. The van der Waals surface area contributed by atoms with Gasteiger partial charge < -0.3 is 29.9 Å². The van der Waals surface area contributed by atoms with Crippen LogP contribution in [0.15, 0.2) is 77.7 Å². The quantitative estimate of drug-likeness (QED) is 0.0603. The topological polar surface area (TPSA) is 192 Å². The van der Waals surface area contributed by atoms with Crippen LogP contribution in [-0.2, 0) is 30.4 Å². The molecule has 2 saturated carbocycles. The minimum atomic E-state index is -3.89. The van der Waals surface area contributed by atoms with Crippen molar-refractivity contribution in [3.8, 4) is 34.3 Å². The number of hydrogen-bond acceptors (Lipinski definition) is 10. The van der Waals surface area contributed by atoms with E-state index in [0.29, 0.717) is 54.5 Å². The number of benzene rings is 4. The molecule has 0 atom stereocenters. The molecule has 6 aliphatic rings. The van der Waals surface area contributed by atoms with Crippen molar-refractivity contribution < 1.29 is 27.5 Å². The summed E-state index contributed by atoms with van der Waals surface area (Å²) in [6.45, 7) is 17.5. The fraction of sp³-hybridized carbons (Fsp3) is 0.538. The molecule has 2 aliphatic carbocycles. The molecule has 15 nitrogen and oxygen atoms in total. The summed E-state index contributed by atoms with van der Waals surface area (Å²) in [7, 11) is -0.0487. The molecule has 0 spiro atoms. The first-order valence-corrected chi connectivity index (χ1v) is 30.7. The van der Waals surface area contributed by atoms with Gasteiger partial charge in [0, 0.05) is 95.5 Å². The number of nitrogens with one attached hydrogen (secondary N) is 3. The molecule has 5 N–H and O–H groups in total. The van der Waals surface area contributed by atoms with Gasteiger partial charge in [0.1, 0.15) is 13.2 Å². The van der Waals surface area contributed by atoms with Gasteiger partial charge >= 0.3 is 17.6 Å². The van der Waals surface area contributed by atoms with Crippen molar-refractivity contribution in [1.82, 2.24) is 34.9 Å². The van der Waals surface area contributed by atoms with Crippen molar-refractivity contribution in [2.45, 2.75) is 180 Å². The van der Waals surface area contributed by atoms with E-state index in [1.165, 1.54) is 11.1 Å². The molecule has 4 aliphatic heterocycles. The van der Waals surface area contributed by atoms with Crippen molar-refractivity contribution >= 4 is 55.9 Å². The zero-order valence-electron chi connectivity index (χ0n) is 48.7. The predicted octanol–water partition coefficient (Wildman–Crippen LogP) is 9.91. The average molecular weight is 1200 g/mol. The molecule has 442 valence electrons. The summed E-state index contributed by atoms with van der Waals surface area (Å²) >= 11 is 0. The van der Waals surface area contributed by atoms with Crippen molar-refractivity contribution in [2.24, 2.45) is 16.6 Å². The first-order chi connectivity index (χ1) is 38.0. The number of aryl methyl sites for hydroxylation is 4. The van der Waals surface area contributed by atoms with Gasteiger partial charge in [-0.1, -0.05) is 66.1 Å². The van der Waals surface area contributed by atoms with Crippen LogP contribution in [-0.4, -0.2) is 133 Å². The summed E-state index contributed by atoms with van der Waals surface area (Å²) in [5, 5.41) is 17.3. The molecule has 2 aromatic heterocycles. The second-order valence-corrected chi connectivity index (χ2v) is 27.9. The van der Waals surface area contributed by atoms with Gasteiger partial charge in [-0.25, -0.2) is 13.1 Å². The summed E-state index contributed by atoms with van der Waals surface area (Å²) in [6, 6.07) is 25.7. The Balaban J connectivity index is 0.000000208. The number of sulfonamides is 1. The Labute approximate surface area is 497 Å². The molecule has 17 heteroatoms. The van der Waals surface area contributed by atoms with Crippen molar-refractivity contribution in [3.63, 3.8) is 0 Å². The molecular weight excluding hydrogens is 1110 g/mol. The van der Waals surface area contributed by atoms with Crippen LogP contribution in [0, 0.1) is 38.5 Å². The number of carbonyl (C=O) groups excluding carboxylic acids is 2. The van der Waals surface area contributed by atoms with Crippen LogP contribution >= 0.6 is 0 Å². The number of H-pyrrole nitrogens is 2. The first kappa shape index (κ1) is 60.9. The molecule has 4 saturated heterocycles. The number of amides is 2. The van der Waals surface area contributed by atoms with Crippen LogP contribution in [0.1, 0.15) is 146 Å². The van der Waals surface area contributed by atoms with Crippen LogP contribution in [0.25, 0.3) is 33.3 Å². The zero-order valence-corrected chi connectivity index (χ0v) is 49.5. The number of hydrogen-bond donors (Lipinski definition) is 4. The molecule has 6 heterocycles. The third-order valence-corrected chi connectivity index (χ3v) is 20.0. The summed E-state index contributed by atoms with van der Waals surface area (Å²) in [5.74, 6) is 1.40. The van der Waals surface area contributed by atoms with Crippen LogP contribution in [0.2, 0.25) is 0 Å². The Morgan fingerprint density at radius 3 is 1.43 bits per heavy atom. The number of fused-ring (bicyclic) bond motifs is 5. The Morgan fingerprint density at radius 1 is 0.659 bits per heavy atom. The number of anilines is 1. The summed E-state index contributed by atoms with van der Waals surface area (Å²) in [4.78, 5) is 33.7. The zero-order chi connectivity index (χ0) is 56.7. The van der Waals surface area contributed by atoms with E-state index in [2.05, 4.69) is 99.0 Å². The van der Waals surface area contributed by atoms with E-state index < -0.39 is 26.3 Å². The van der Waals surface area contributed by atoms with E-state index in [1.807, 2.05) is 71.0 Å². The second kappa shape index (κ2) is 23.1. The number of aromatic nitrogens is 4. The van der Waals surface area contributed by atoms with Crippen molar-refractivity contribution in [1.29, 1.82) is 0 Å². The number of ether oxygens (including phenoxy) is 2. The van der Waals surface area contributed by atoms with Gasteiger partial charge in [-0.15, -0.1) is 10.2 Å². The van der Waals surface area contributed by atoms with Crippen molar-refractivity contribution in [3.05, 3.63) is 106 Å². The Bertz CT molecular complexity index is 3380. The fourth-order valence-corrected chi connectivity index (χ4v) is 15.2. The number of nitrogens with zero attached hydrogens (tertiary/aromatic N) is 5. The van der Waals surface area contributed by atoms with Gasteiger partial charge in [-0.05, 0) is 174 Å². The van der Waals surface area contributed by atoms with Crippen LogP contribution in [0.3, 0.4) is 0 Å². The molecule has 6 aromatic rings. The third-order valence-electron chi connectivity index (χ3n) is 18.5. The first-order valence-electron chi connectivity index (χ1n) is 29.2. The summed E-state index contributed by atoms with van der Waals surface area (Å²) in [6.07, 6.45) is 12.6. The van der Waals surface area contributed by atoms with Crippen LogP contribution < -0.4 is 24.8 Å². The number of aromatic amines is 2. The molecule has 4 bridgehead atoms. The Kier molecular flexibility index (Phi) is 17.1. The SMILES string of the molecule is C.Cc1cc(C)cc(-c2[nH]nc(OCC(C)(C)C(=O)N3C4CCC3CC4)c2C2(CN)CC2)c1.Cc1cc(C)cc(-c2[nH]nc(OCC(C)(C)C(=O)N3C4CCC3CC4)c2C2(CNS(=O)(=O)c3cccc4cccc(N(C)C)c34)CC2)c1.[GeH4]. The number of nitrogens with two attached hydrogens (primary N) is 1. The molecule has 82 heavy (non-hydrogen) atoms. The standard InChI is InChI=1S/C38H47N5O4S.C26H36N4O2.CH4.GeH4/c1-24-19-25(2)21-27(20-24)34-33(35(41-40-34)47-23-37(3,4)36(44)43-28-13-14-29(43)16-15-28)38(17-18-38)22-39-48(45,46)31-12-8-10-26-9-7-11-30(32(26)31)42(5)6;1-16-11-17(2)13-18(12-16)22-21(26(14-27)9-10-26)23(29-28-22)32-15-25(3,4)24(31)30-19-5-6-20(30)8-7-19;;/h7-12,19-21,28-29,39H,13-18,22-23H2,1-6H3,(H,40,41);11-13,19-20H,5-10,14-15,27H2,1-4H3,(H,28,29);2*1H4. The fourth-order valence-electron chi connectivity index (χ4n) is 13.9. The van der Waals surface area contributed by atoms with Crippen LogP contribution in [0.5, 0.6) is 11.8 Å². The summed E-state index contributed by atoms with van der Waals surface area (Å²) < 4.78 is 44.0. The number of rotatable bonds is 18. The third kappa shape index (κ3) is 11.5. The average Bonchev–Trinajstić information content (AvgIpc) is 3.81. The van der Waals surface area contributed by atoms with E-state index in [1.54, 1.807) is 12.1 Å². The normalized spacial score (nSPS) is 20.9. The molecule has 6 fully saturated rings. The maximum absolute atomic E-state index is 14.1. The maximum atomic E-state index is 14.1. The van der Waals surface area contributed by atoms with Crippen LogP contribution in [0.4, 0.5) is 5.69 Å². The molecule has 0 radical (unpaired) electrons. The monoisotopic (exact) mass is 1200 g/mol. The molecule has 0 unspecified atom stereocenters. The Morgan fingerprint density at radius 2 is 1.05 bits per heavy atom. The van der Waals surface area contributed by atoms with Gasteiger partial charge in [0.2, 0.25) is 33.6 Å². The molecular formula is C65H91GeN9O6S. The van der Waals surface area contributed by atoms with Gasteiger partial charge in [0.15, 0.2) is 0 Å². The van der Waals surface area contributed by atoms with Gasteiger partial charge in [-0.3, -0.25) is 19.8 Å². The van der Waals surface area contributed by atoms with E-state index in [0.717, 1.165) is 133 Å². The Hall–Kier alpha value is -5.69. The van der Waals surface area contributed by atoms with E-state index in [-0.39, 0.29) is 60.3 Å². The van der Waals surface area contributed by atoms with Crippen molar-refractivity contribution in [2.75, 3.05) is 45.3 Å². The van der Waals surface area contributed by atoms with Gasteiger partial charge in [0.25, 0.3) is 0 Å². The molecule has 12 rings (SSSR count). The summed E-state index contributed by atoms with van der Waals surface area (Å²) in [5.41, 5.74) is 15.7. The number of carbonyl (C=O) groups is 2. The molecule has 4 aromatic carbocycles. The van der Waals surface area contributed by atoms with Gasteiger partial charge in [-0.2, -0.15) is 0 Å². The van der Waals surface area contributed by atoms with Gasteiger partial charge in [0.05, 0.1) is 27.1 Å². The van der Waals surface area contributed by atoms with E-state index >= 15 is 0 Å². The van der Waals surface area contributed by atoms with E-state index in [9.17, 15) is 18.0 Å².